The highest BCUT2D eigenvalue weighted by Crippen LogP contribution is 2.39. The van der Waals surface area contributed by atoms with Crippen LogP contribution in [0, 0.1) is 11.7 Å². The largest absolute Gasteiger partial charge is 0.371 e. The number of hydrogen-bond acceptors (Lipinski definition) is 3. The summed E-state index contributed by atoms with van der Waals surface area (Å²) in [5.41, 5.74) is -0.254. The van der Waals surface area contributed by atoms with E-state index in [4.69, 9.17) is 0 Å². The molecule has 0 atom stereocenters. The molecular weight excluding hydrogens is 233 g/mol. The van der Waals surface area contributed by atoms with Crippen molar-refractivity contribution in [1.29, 1.82) is 0 Å². The first-order valence-corrected chi connectivity index (χ1v) is 6.10. The van der Waals surface area contributed by atoms with Crippen LogP contribution in [0.15, 0.2) is 12.3 Å². The van der Waals surface area contributed by atoms with Crippen molar-refractivity contribution in [3.63, 3.8) is 0 Å². The fourth-order valence-corrected chi connectivity index (χ4v) is 2.06. The lowest BCUT2D eigenvalue weighted by atomic mass is 9.98. The number of amides is 1. The number of nitrogens with one attached hydrogen (secondary N) is 2. The summed E-state index contributed by atoms with van der Waals surface area (Å²) in [5.74, 6) is -0.408. The van der Waals surface area contributed by atoms with Gasteiger partial charge in [0.15, 0.2) is 11.6 Å². The Morgan fingerprint density at radius 2 is 2.17 bits per heavy atom. The third-order valence-electron chi connectivity index (χ3n) is 3.40. The zero-order valence-electron chi connectivity index (χ0n) is 10.9. The highest BCUT2D eigenvalue weighted by molar-refractivity contribution is 5.95. The SMILES string of the molecule is CNc1nccc(C(=O)NC(C)(C)C2CC2)c1F. The highest BCUT2D eigenvalue weighted by atomic mass is 19.1. The molecule has 0 saturated heterocycles. The minimum absolute atomic E-state index is 0.0306. The van der Waals surface area contributed by atoms with Crippen molar-refractivity contribution in [1.82, 2.24) is 10.3 Å². The van der Waals surface area contributed by atoms with Gasteiger partial charge in [-0.1, -0.05) is 0 Å². The van der Waals surface area contributed by atoms with E-state index in [1.165, 1.54) is 12.3 Å². The maximum atomic E-state index is 13.9. The summed E-state index contributed by atoms with van der Waals surface area (Å²) in [5, 5.41) is 5.51. The summed E-state index contributed by atoms with van der Waals surface area (Å²) in [4.78, 5) is 15.9. The molecule has 1 aromatic heterocycles. The highest BCUT2D eigenvalue weighted by Gasteiger charge is 2.39. The van der Waals surface area contributed by atoms with Crippen LogP contribution in [0.5, 0.6) is 0 Å². The lowest BCUT2D eigenvalue weighted by Gasteiger charge is -2.26. The van der Waals surface area contributed by atoms with Gasteiger partial charge in [0.05, 0.1) is 5.56 Å². The Morgan fingerprint density at radius 1 is 1.50 bits per heavy atom. The molecule has 1 heterocycles. The van der Waals surface area contributed by atoms with Crippen molar-refractivity contribution in [3.8, 4) is 0 Å². The number of carbonyl (C=O) groups is 1. The summed E-state index contributed by atoms with van der Waals surface area (Å²) in [6, 6.07) is 1.40. The maximum Gasteiger partial charge on any atom is 0.254 e. The Hall–Kier alpha value is -1.65. The minimum Gasteiger partial charge on any atom is -0.371 e. The average molecular weight is 251 g/mol. The van der Waals surface area contributed by atoms with Gasteiger partial charge in [0.25, 0.3) is 5.91 Å². The van der Waals surface area contributed by atoms with E-state index in [0.717, 1.165) is 12.8 Å². The smallest absolute Gasteiger partial charge is 0.254 e. The van der Waals surface area contributed by atoms with E-state index in [9.17, 15) is 9.18 Å². The van der Waals surface area contributed by atoms with Gasteiger partial charge >= 0.3 is 0 Å². The summed E-state index contributed by atoms with van der Waals surface area (Å²) >= 11 is 0. The van der Waals surface area contributed by atoms with Gasteiger partial charge in [-0.05, 0) is 38.7 Å². The summed E-state index contributed by atoms with van der Waals surface area (Å²) < 4.78 is 13.9. The second kappa shape index (κ2) is 4.55. The predicted octanol–water partition coefficient (Wildman–Crippen LogP) is 2.18. The molecule has 1 aliphatic carbocycles. The van der Waals surface area contributed by atoms with Gasteiger partial charge in [-0.2, -0.15) is 0 Å². The quantitative estimate of drug-likeness (QED) is 0.862. The van der Waals surface area contributed by atoms with E-state index in [-0.39, 0.29) is 22.8 Å². The molecule has 4 nitrogen and oxygen atoms in total. The second-order valence-corrected chi connectivity index (χ2v) is 5.22. The van der Waals surface area contributed by atoms with Crippen molar-refractivity contribution in [2.75, 3.05) is 12.4 Å². The zero-order chi connectivity index (χ0) is 13.3. The van der Waals surface area contributed by atoms with Crippen LogP contribution in [0.1, 0.15) is 37.0 Å². The Balaban J connectivity index is 2.18. The molecule has 1 aliphatic rings. The first kappa shape index (κ1) is 12.8. The summed E-state index contributed by atoms with van der Waals surface area (Å²) in [6.45, 7) is 3.95. The van der Waals surface area contributed by atoms with E-state index in [1.54, 1.807) is 7.05 Å². The van der Waals surface area contributed by atoms with E-state index in [0.29, 0.717) is 5.92 Å². The lowest BCUT2D eigenvalue weighted by Crippen LogP contribution is -2.45. The van der Waals surface area contributed by atoms with Crippen LogP contribution in [-0.4, -0.2) is 23.5 Å². The van der Waals surface area contributed by atoms with Crippen molar-refractivity contribution in [2.24, 2.45) is 5.92 Å². The van der Waals surface area contributed by atoms with Gasteiger partial charge in [-0.25, -0.2) is 9.37 Å². The van der Waals surface area contributed by atoms with Crippen LogP contribution in [0.25, 0.3) is 0 Å². The second-order valence-electron chi connectivity index (χ2n) is 5.22. The summed E-state index contributed by atoms with van der Waals surface area (Å²) in [6.07, 6.45) is 3.66. The van der Waals surface area contributed by atoms with E-state index >= 15 is 0 Å². The van der Waals surface area contributed by atoms with Crippen molar-refractivity contribution < 1.29 is 9.18 Å². The molecule has 0 aromatic carbocycles. The monoisotopic (exact) mass is 251 g/mol. The molecule has 1 saturated carbocycles. The Bertz CT molecular complexity index is 469. The first-order chi connectivity index (χ1) is 8.45. The van der Waals surface area contributed by atoms with Gasteiger partial charge in [0.2, 0.25) is 0 Å². The molecule has 1 aromatic rings. The number of aromatic nitrogens is 1. The van der Waals surface area contributed by atoms with Crippen LogP contribution in [0.4, 0.5) is 10.2 Å². The van der Waals surface area contributed by atoms with Crippen LogP contribution >= 0.6 is 0 Å². The molecule has 1 amide bonds. The summed E-state index contributed by atoms with van der Waals surface area (Å²) in [7, 11) is 1.57. The van der Waals surface area contributed by atoms with Gasteiger partial charge in [0, 0.05) is 18.8 Å². The Kier molecular flexibility index (Phi) is 3.24. The molecule has 18 heavy (non-hydrogen) atoms. The molecule has 2 rings (SSSR count). The van der Waals surface area contributed by atoms with Crippen LogP contribution in [-0.2, 0) is 0 Å². The molecule has 0 spiro atoms. The molecule has 0 unspecified atom stereocenters. The number of anilines is 1. The van der Waals surface area contributed by atoms with Crippen LogP contribution in [0.3, 0.4) is 0 Å². The number of halogens is 1. The van der Waals surface area contributed by atoms with Crippen LogP contribution in [0.2, 0.25) is 0 Å². The van der Waals surface area contributed by atoms with Crippen molar-refractivity contribution in [2.45, 2.75) is 32.2 Å². The fourth-order valence-electron chi connectivity index (χ4n) is 2.06. The normalized spacial score (nSPS) is 15.3. The molecule has 0 bridgehead atoms. The Morgan fingerprint density at radius 3 is 2.72 bits per heavy atom. The molecule has 2 N–H and O–H groups in total. The number of rotatable bonds is 4. The number of pyridine rings is 1. The van der Waals surface area contributed by atoms with Gasteiger partial charge in [-0.15, -0.1) is 0 Å². The molecule has 1 fully saturated rings. The van der Waals surface area contributed by atoms with E-state index in [1.807, 2.05) is 13.8 Å². The molecule has 5 heteroatoms. The molecule has 0 radical (unpaired) electrons. The first-order valence-electron chi connectivity index (χ1n) is 6.10. The number of hydrogen-bond donors (Lipinski definition) is 2. The minimum atomic E-state index is -0.607. The van der Waals surface area contributed by atoms with Crippen LogP contribution < -0.4 is 10.6 Å². The van der Waals surface area contributed by atoms with E-state index in [2.05, 4.69) is 15.6 Å². The third kappa shape index (κ3) is 2.44. The molecular formula is C13H18FN3O. The zero-order valence-corrected chi connectivity index (χ0v) is 10.9. The fraction of sp³-hybridized carbons (Fsp3) is 0.538. The molecule has 98 valence electrons. The van der Waals surface area contributed by atoms with Gasteiger partial charge in [0.1, 0.15) is 0 Å². The number of nitrogens with zero attached hydrogens (tertiary/aromatic N) is 1. The maximum absolute atomic E-state index is 13.9. The predicted molar refractivity (Wildman–Crippen MR) is 68.0 cm³/mol. The number of carbonyl (C=O) groups excluding carboxylic acids is 1. The molecule has 0 aliphatic heterocycles. The van der Waals surface area contributed by atoms with Gasteiger partial charge in [-0.3, -0.25) is 4.79 Å². The average Bonchev–Trinajstić information content (AvgIpc) is 3.12. The topological polar surface area (TPSA) is 54.0 Å². The third-order valence-corrected chi connectivity index (χ3v) is 3.40. The van der Waals surface area contributed by atoms with Crippen molar-refractivity contribution >= 4 is 11.7 Å². The standard InChI is InChI=1S/C13H18FN3O/c1-13(2,8-4-5-8)17-12(18)9-6-7-16-11(15-3)10(9)14/h6-8H,4-5H2,1-3H3,(H,15,16)(H,17,18). The Labute approximate surface area is 106 Å². The lowest BCUT2D eigenvalue weighted by molar-refractivity contribution is 0.0899. The van der Waals surface area contributed by atoms with Gasteiger partial charge < -0.3 is 10.6 Å². The van der Waals surface area contributed by atoms with E-state index < -0.39 is 5.82 Å². The van der Waals surface area contributed by atoms with Crippen molar-refractivity contribution in [3.05, 3.63) is 23.6 Å².